The van der Waals surface area contributed by atoms with Gasteiger partial charge in [-0.3, -0.25) is 9.59 Å². The van der Waals surface area contributed by atoms with Crippen molar-refractivity contribution in [1.82, 2.24) is 20.2 Å². The van der Waals surface area contributed by atoms with Crippen LogP contribution in [0.1, 0.15) is 16.8 Å². The fourth-order valence-electron chi connectivity index (χ4n) is 3.67. The van der Waals surface area contributed by atoms with Gasteiger partial charge in [0.25, 0.3) is 11.8 Å². The number of halogens is 2. The number of anilines is 4. The van der Waals surface area contributed by atoms with Crippen LogP contribution in [0.3, 0.4) is 0 Å². The maximum Gasteiger partial charge on any atom is 0.342 e. The van der Waals surface area contributed by atoms with Gasteiger partial charge < -0.3 is 25.3 Å². The number of nitrogens with one attached hydrogen (secondary N) is 2. The van der Waals surface area contributed by atoms with Gasteiger partial charge in [-0.1, -0.05) is 6.08 Å². The third kappa shape index (κ3) is 5.29. The van der Waals surface area contributed by atoms with Gasteiger partial charge in [-0.25, -0.2) is 4.98 Å². The van der Waals surface area contributed by atoms with Crippen molar-refractivity contribution in [3.63, 3.8) is 0 Å². The van der Waals surface area contributed by atoms with Crippen molar-refractivity contribution < 1.29 is 18.4 Å². The third-order valence-electron chi connectivity index (χ3n) is 5.66. The second kappa shape index (κ2) is 9.79. The van der Waals surface area contributed by atoms with Crippen LogP contribution in [-0.2, 0) is 4.79 Å². The number of benzene rings is 1. The molecule has 0 fully saturated rings. The van der Waals surface area contributed by atoms with E-state index in [2.05, 4.69) is 25.5 Å². The Morgan fingerprint density at radius 1 is 1.23 bits per heavy atom. The molecule has 2 aliphatic rings. The number of carbonyl (C=O) groups excluding carboxylic acids is 2. The number of carbonyl (C=O) groups is 2. The predicted octanol–water partition coefficient (Wildman–Crippen LogP) is 2.77. The topological polar surface area (TPSA) is 93.7 Å². The smallest absolute Gasteiger partial charge is 0.342 e. The van der Waals surface area contributed by atoms with E-state index in [-0.39, 0.29) is 23.4 Å². The maximum atomic E-state index is 14.5. The van der Waals surface area contributed by atoms with Crippen molar-refractivity contribution in [2.75, 3.05) is 55.9 Å². The minimum Gasteiger partial charge on any atom is -0.352 e. The number of hydrogen-bond acceptors (Lipinski definition) is 7. The van der Waals surface area contributed by atoms with E-state index >= 15 is 0 Å². The summed E-state index contributed by atoms with van der Waals surface area (Å²) in [6, 6.07) is 6.78. The second-order valence-electron chi connectivity index (χ2n) is 8.62. The Morgan fingerprint density at radius 2 is 1.94 bits per heavy atom. The molecule has 0 bridgehead atoms. The summed E-state index contributed by atoms with van der Waals surface area (Å²) in [7, 11) is 5.24. The van der Waals surface area contributed by atoms with Crippen LogP contribution >= 0.6 is 0 Å². The predicted molar refractivity (Wildman–Crippen MR) is 130 cm³/mol. The van der Waals surface area contributed by atoms with Crippen LogP contribution in [0, 0.1) is 0 Å². The SMILES string of the molecule is CN(C)CCCNC(=O)c1ccc(Nc2ncc3c(n2)N(C2=CC=C2)CC(F)(F)C(=O)N3C)cc1. The lowest BCUT2D eigenvalue weighted by molar-refractivity contribution is -0.140. The van der Waals surface area contributed by atoms with E-state index in [1.165, 1.54) is 18.1 Å². The zero-order chi connectivity index (χ0) is 25.2. The number of fused-ring (bicyclic) bond motifs is 1. The van der Waals surface area contributed by atoms with Crippen molar-refractivity contribution in [1.29, 1.82) is 0 Å². The number of nitrogens with zero attached hydrogens (tertiary/aromatic N) is 5. The lowest BCUT2D eigenvalue weighted by atomic mass is 10.1. The maximum absolute atomic E-state index is 14.5. The van der Waals surface area contributed by atoms with Crippen LogP contribution < -0.4 is 20.4 Å². The van der Waals surface area contributed by atoms with E-state index in [0.29, 0.717) is 23.5 Å². The van der Waals surface area contributed by atoms with Gasteiger partial charge >= 0.3 is 5.92 Å². The zero-order valence-electron chi connectivity index (χ0n) is 19.8. The molecule has 1 aliphatic heterocycles. The van der Waals surface area contributed by atoms with Crippen LogP contribution in [0.25, 0.3) is 0 Å². The monoisotopic (exact) mass is 483 g/mol. The summed E-state index contributed by atoms with van der Waals surface area (Å²) >= 11 is 0. The standard InChI is InChI=1S/C24H27F2N7O2/c1-31(2)13-5-12-27-21(34)16-8-10-17(11-9-16)29-23-28-14-19-20(30-23)33(18-6-4-7-18)15-24(25,26)22(35)32(19)3/h4,6-11,14H,5,12-13,15H2,1-3H3,(H,27,34)(H,28,29,30). The molecule has 0 radical (unpaired) electrons. The molecule has 2 aromatic rings. The summed E-state index contributed by atoms with van der Waals surface area (Å²) in [5.41, 5.74) is 1.84. The Hall–Kier alpha value is -3.86. The Balaban J connectivity index is 1.50. The normalized spacial score (nSPS) is 16.4. The highest BCUT2D eigenvalue weighted by atomic mass is 19.3. The van der Waals surface area contributed by atoms with Crippen molar-refractivity contribution in [2.24, 2.45) is 0 Å². The fourth-order valence-corrected chi connectivity index (χ4v) is 3.67. The van der Waals surface area contributed by atoms with E-state index in [9.17, 15) is 18.4 Å². The first-order valence-corrected chi connectivity index (χ1v) is 11.1. The minimum atomic E-state index is -3.59. The molecule has 35 heavy (non-hydrogen) atoms. The molecular weight excluding hydrogens is 456 g/mol. The van der Waals surface area contributed by atoms with Crippen molar-refractivity contribution in [3.8, 4) is 0 Å². The van der Waals surface area contributed by atoms with Crippen LogP contribution in [0.2, 0.25) is 0 Å². The van der Waals surface area contributed by atoms with Crippen LogP contribution in [0.15, 0.2) is 54.4 Å². The first-order chi connectivity index (χ1) is 16.7. The average molecular weight is 484 g/mol. The molecule has 1 aromatic heterocycles. The quantitative estimate of drug-likeness (QED) is 0.558. The van der Waals surface area contributed by atoms with E-state index in [1.807, 2.05) is 14.1 Å². The summed E-state index contributed by atoms with van der Waals surface area (Å²) in [6.45, 7) is 0.642. The Kier molecular flexibility index (Phi) is 6.79. The number of hydrogen-bond donors (Lipinski definition) is 2. The highest BCUT2D eigenvalue weighted by Crippen LogP contribution is 2.38. The van der Waals surface area contributed by atoms with Gasteiger partial charge in [-0.05, 0) is 63.5 Å². The second-order valence-corrected chi connectivity index (χ2v) is 8.62. The molecule has 1 aromatic carbocycles. The van der Waals surface area contributed by atoms with Gasteiger partial charge in [0, 0.05) is 30.5 Å². The van der Waals surface area contributed by atoms with Crippen molar-refractivity contribution >= 4 is 35.0 Å². The average Bonchev–Trinajstić information content (AvgIpc) is 2.85. The van der Waals surface area contributed by atoms with Crippen LogP contribution in [0.5, 0.6) is 0 Å². The molecule has 184 valence electrons. The Labute approximate surface area is 202 Å². The lowest BCUT2D eigenvalue weighted by Crippen LogP contribution is -2.46. The molecule has 2 N–H and O–H groups in total. The molecule has 0 saturated carbocycles. The number of allylic oxidation sites excluding steroid dienone is 3. The number of amides is 2. The summed E-state index contributed by atoms with van der Waals surface area (Å²) < 4.78 is 29.1. The zero-order valence-corrected chi connectivity index (χ0v) is 19.8. The number of rotatable bonds is 8. The molecule has 11 heteroatoms. The van der Waals surface area contributed by atoms with E-state index in [4.69, 9.17) is 0 Å². The van der Waals surface area contributed by atoms with Gasteiger partial charge in [-0.2, -0.15) is 13.8 Å². The molecule has 0 atom stereocenters. The highest BCUT2D eigenvalue weighted by molar-refractivity contribution is 6.02. The summed E-state index contributed by atoms with van der Waals surface area (Å²) in [5.74, 6) is -4.70. The van der Waals surface area contributed by atoms with Gasteiger partial charge in [0.2, 0.25) is 5.95 Å². The first-order valence-electron chi connectivity index (χ1n) is 11.1. The fraction of sp³-hybridized carbons (Fsp3) is 0.333. The minimum absolute atomic E-state index is 0.164. The summed E-state index contributed by atoms with van der Waals surface area (Å²) in [4.78, 5) is 37.5. The Bertz CT molecular complexity index is 1180. The third-order valence-corrected chi connectivity index (χ3v) is 5.66. The Morgan fingerprint density at radius 3 is 2.57 bits per heavy atom. The van der Waals surface area contributed by atoms with E-state index in [0.717, 1.165) is 17.9 Å². The van der Waals surface area contributed by atoms with Crippen molar-refractivity contribution in [2.45, 2.75) is 12.3 Å². The summed E-state index contributed by atoms with van der Waals surface area (Å²) in [6.07, 6.45) is 7.27. The van der Waals surface area contributed by atoms with Gasteiger partial charge in [0.1, 0.15) is 5.69 Å². The van der Waals surface area contributed by atoms with Gasteiger partial charge in [0.15, 0.2) is 5.82 Å². The molecule has 0 saturated heterocycles. The van der Waals surface area contributed by atoms with E-state index < -0.39 is 18.4 Å². The van der Waals surface area contributed by atoms with Gasteiger partial charge in [0.05, 0.1) is 12.7 Å². The first kappa shape index (κ1) is 24.3. The van der Waals surface area contributed by atoms with E-state index in [1.54, 1.807) is 42.5 Å². The molecule has 0 unspecified atom stereocenters. The van der Waals surface area contributed by atoms with Crippen LogP contribution in [0.4, 0.5) is 31.9 Å². The molecule has 4 rings (SSSR count). The van der Waals surface area contributed by atoms with Gasteiger partial charge in [-0.15, -0.1) is 0 Å². The molecule has 1 aliphatic carbocycles. The molecule has 2 heterocycles. The van der Waals surface area contributed by atoms with Crippen LogP contribution in [-0.4, -0.2) is 73.4 Å². The number of alkyl halides is 2. The highest BCUT2D eigenvalue weighted by Gasteiger charge is 2.48. The van der Waals surface area contributed by atoms with Crippen molar-refractivity contribution in [3.05, 3.63) is 60.0 Å². The molecule has 9 nitrogen and oxygen atoms in total. The molecule has 2 amide bonds. The molecule has 0 spiro atoms. The summed E-state index contributed by atoms with van der Waals surface area (Å²) in [5, 5.41) is 5.92. The number of aromatic nitrogens is 2. The largest absolute Gasteiger partial charge is 0.352 e. The lowest BCUT2D eigenvalue weighted by Gasteiger charge is -2.28. The molecular formula is C24H27F2N7O2.